The second-order valence-electron chi connectivity index (χ2n) is 11.3. The number of nitriles is 1. The van der Waals surface area contributed by atoms with Gasteiger partial charge in [-0.1, -0.05) is 20.8 Å². The van der Waals surface area contributed by atoms with Crippen molar-refractivity contribution in [2.75, 3.05) is 6.61 Å². The van der Waals surface area contributed by atoms with E-state index in [1.165, 1.54) is 43.4 Å². The molecule has 5 fully saturated rings. The summed E-state index contributed by atoms with van der Waals surface area (Å²) in [5, 5.41) is 12.3. The second kappa shape index (κ2) is 8.04. The Balaban J connectivity index is 1.51. The lowest BCUT2D eigenvalue weighted by molar-refractivity contribution is 0.00151. The first-order chi connectivity index (χ1) is 14.8. The lowest BCUT2D eigenvalue weighted by Crippen LogP contribution is -2.50. The SMILES string of the molecule is CC(C)(C)c1cn(C[C@H]2CCCO2)c(=NC(=NC23CC4CC(CC(C4)C2)C3)NC#N)s1. The van der Waals surface area contributed by atoms with E-state index in [9.17, 15) is 5.26 Å². The van der Waals surface area contributed by atoms with Gasteiger partial charge in [-0.2, -0.15) is 10.3 Å². The van der Waals surface area contributed by atoms with Crippen LogP contribution in [0.3, 0.4) is 0 Å². The fraction of sp³-hybridized carbons (Fsp3) is 0.792. The zero-order valence-electron chi connectivity index (χ0n) is 19.1. The first-order valence-corrected chi connectivity index (χ1v) is 12.8. The average Bonchev–Trinajstić information content (AvgIpc) is 3.31. The van der Waals surface area contributed by atoms with E-state index in [0.29, 0.717) is 5.96 Å². The van der Waals surface area contributed by atoms with Crippen molar-refractivity contribution in [3.8, 4) is 6.19 Å². The number of rotatable bonds is 3. The maximum Gasteiger partial charge on any atom is 0.234 e. The molecule has 168 valence electrons. The van der Waals surface area contributed by atoms with Gasteiger partial charge in [0.25, 0.3) is 0 Å². The lowest BCUT2D eigenvalue weighted by Gasteiger charge is -2.54. The summed E-state index contributed by atoms with van der Waals surface area (Å²) >= 11 is 1.71. The summed E-state index contributed by atoms with van der Waals surface area (Å²) in [6.45, 7) is 8.36. The highest BCUT2D eigenvalue weighted by Gasteiger charge is 2.51. The van der Waals surface area contributed by atoms with Gasteiger partial charge in [0.1, 0.15) is 0 Å². The monoisotopic (exact) mass is 441 g/mol. The Kier molecular flexibility index (Phi) is 5.50. The van der Waals surface area contributed by atoms with Gasteiger partial charge >= 0.3 is 0 Å². The smallest absolute Gasteiger partial charge is 0.234 e. The Bertz CT molecular complexity index is 919. The van der Waals surface area contributed by atoms with Crippen LogP contribution in [0.15, 0.2) is 16.2 Å². The van der Waals surface area contributed by atoms with Crippen LogP contribution in [0.2, 0.25) is 0 Å². The van der Waals surface area contributed by atoms with Crippen molar-refractivity contribution in [2.45, 2.75) is 95.7 Å². The molecule has 1 N–H and O–H groups in total. The minimum absolute atomic E-state index is 0.0130. The standard InChI is InChI=1S/C24H35N5OS/c1-23(2,3)20-14-29(13-19-5-4-6-30-19)22(31-20)27-21(26-15-25)28-24-10-16-7-17(11-24)9-18(8-16)12-24/h14,16-19H,4-13H2,1-3H3,(H,26,28)/t16?,17?,18?,19-,24?/m1/s1. The van der Waals surface area contributed by atoms with Crippen molar-refractivity contribution in [3.63, 3.8) is 0 Å². The highest BCUT2D eigenvalue weighted by atomic mass is 32.1. The van der Waals surface area contributed by atoms with Crippen molar-refractivity contribution < 1.29 is 4.74 Å². The molecule has 6 rings (SSSR count). The molecule has 0 aromatic carbocycles. The molecule has 4 saturated carbocycles. The molecule has 31 heavy (non-hydrogen) atoms. The normalized spacial score (nSPS) is 35.5. The summed E-state index contributed by atoms with van der Waals surface area (Å²) in [6, 6.07) is 0. The van der Waals surface area contributed by atoms with Gasteiger partial charge in [0.05, 0.1) is 18.2 Å². The fourth-order valence-electron chi connectivity index (χ4n) is 6.60. The molecule has 1 aliphatic heterocycles. The molecule has 2 heterocycles. The van der Waals surface area contributed by atoms with Crippen molar-refractivity contribution in [3.05, 3.63) is 15.9 Å². The van der Waals surface area contributed by atoms with Gasteiger partial charge in [0, 0.05) is 17.7 Å². The van der Waals surface area contributed by atoms with E-state index in [-0.39, 0.29) is 17.1 Å². The maximum absolute atomic E-state index is 9.44. The van der Waals surface area contributed by atoms with E-state index in [4.69, 9.17) is 14.7 Å². The van der Waals surface area contributed by atoms with E-state index in [1.807, 2.05) is 0 Å². The van der Waals surface area contributed by atoms with E-state index in [2.05, 4.69) is 43.0 Å². The molecule has 6 nitrogen and oxygen atoms in total. The third kappa shape index (κ3) is 4.47. The maximum atomic E-state index is 9.44. The summed E-state index contributed by atoms with van der Waals surface area (Å²) in [4.78, 5) is 12.3. The van der Waals surface area contributed by atoms with Crippen molar-refractivity contribution in [1.82, 2.24) is 9.88 Å². The summed E-state index contributed by atoms with van der Waals surface area (Å²) in [5.74, 6) is 2.94. The third-order valence-electron chi connectivity index (χ3n) is 7.60. The molecule has 0 amide bonds. The molecule has 4 aliphatic carbocycles. The summed E-state index contributed by atoms with van der Waals surface area (Å²) in [7, 11) is 0. The quantitative estimate of drug-likeness (QED) is 0.328. The van der Waals surface area contributed by atoms with E-state index in [0.717, 1.165) is 48.5 Å². The van der Waals surface area contributed by atoms with Gasteiger partial charge < -0.3 is 9.30 Å². The predicted molar refractivity (Wildman–Crippen MR) is 123 cm³/mol. The topological polar surface area (TPSA) is 74.7 Å². The zero-order valence-corrected chi connectivity index (χ0v) is 19.9. The first-order valence-electron chi connectivity index (χ1n) is 11.9. The fourth-order valence-corrected chi connectivity index (χ4v) is 7.66. The summed E-state index contributed by atoms with van der Waals surface area (Å²) < 4.78 is 8.11. The predicted octanol–water partition coefficient (Wildman–Crippen LogP) is 4.32. The van der Waals surface area contributed by atoms with Gasteiger partial charge in [-0.05, 0) is 74.5 Å². The summed E-state index contributed by atoms with van der Waals surface area (Å²) in [6.07, 6.45) is 14.4. The Labute approximate surface area is 189 Å². The Morgan fingerprint density at radius 3 is 2.48 bits per heavy atom. The molecule has 7 heteroatoms. The van der Waals surface area contributed by atoms with Crippen LogP contribution in [-0.4, -0.2) is 28.8 Å². The van der Waals surface area contributed by atoms with Crippen molar-refractivity contribution >= 4 is 17.3 Å². The van der Waals surface area contributed by atoms with Gasteiger partial charge in [-0.3, -0.25) is 5.32 Å². The van der Waals surface area contributed by atoms with Crippen LogP contribution in [0.1, 0.15) is 77.0 Å². The summed E-state index contributed by atoms with van der Waals surface area (Å²) in [5.41, 5.74) is 0.0392. The molecule has 0 radical (unpaired) electrons. The van der Waals surface area contributed by atoms with Crippen LogP contribution in [0, 0.1) is 29.2 Å². The molecule has 1 aromatic heterocycles. The Morgan fingerprint density at radius 2 is 1.94 bits per heavy atom. The number of hydrogen-bond donors (Lipinski definition) is 1. The number of aliphatic imine (C=N–C) groups is 1. The molecule has 1 saturated heterocycles. The minimum Gasteiger partial charge on any atom is -0.376 e. The van der Waals surface area contributed by atoms with Crippen LogP contribution < -0.4 is 10.1 Å². The zero-order chi connectivity index (χ0) is 21.6. The van der Waals surface area contributed by atoms with Gasteiger partial charge in [-0.15, -0.1) is 11.3 Å². The van der Waals surface area contributed by atoms with E-state index >= 15 is 0 Å². The Morgan fingerprint density at radius 1 is 1.26 bits per heavy atom. The number of guanidine groups is 1. The van der Waals surface area contributed by atoms with Crippen LogP contribution in [0.5, 0.6) is 0 Å². The molecule has 1 aromatic rings. The highest BCUT2D eigenvalue weighted by Crippen LogP contribution is 2.57. The van der Waals surface area contributed by atoms with Crippen LogP contribution in [0.25, 0.3) is 0 Å². The number of aromatic nitrogens is 1. The molecule has 5 aliphatic rings. The molecule has 1 atom stereocenters. The van der Waals surface area contributed by atoms with Gasteiger partial charge in [-0.25, -0.2) is 4.99 Å². The van der Waals surface area contributed by atoms with E-state index in [1.54, 1.807) is 11.3 Å². The number of nitrogens with zero attached hydrogens (tertiary/aromatic N) is 4. The molecule has 0 spiro atoms. The Hall–Kier alpha value is -1.65. The second-order valence-corrected chi connectivity index (χ2v) is 12.4. The van der Waals surface area contributed by atoms with Crippen molar-refractivity contribution in [2.24, 2.45) is 27.7 Å². The van der Waals surface area contributed by atoms with Crippen LogP contribution in [0.4, 0.5) is 0 Å². The lowest BCUT2D eigenvalue weighted by atomic mass is 9.53. The average molecular weight is 442 g/mol. The third-order valence-corrected chi connectivity index (χ3v) is 9.05. The first kappa shape index (κ1) is 21.2. The molecule has 4 bridgehead atoms. The molecule has 0 unspecified atom stereocenters. The number of thiazole rings is 1. The number of ether oxygens (including phenoxy) is 1. The molecular weight excluding hydrogens is 406 g/mol. The van der Waals surface area contributed by atoms with Crippen LogP contribution >= 0.6 is 11.3 Å². The largest absolute Gasteiger partial charge is 0.376 e. The van der Waals surface area contributed by atoms with Gasteiger partial charge in [0.15, 0.2) is 11.0 Å². The minimum atomic E-state index is -0.0130. The van der Waals surface area contributed by atoms with Crippen LogP contribution in [-0.2, 0) is 16.7 Å². The number of nitrogens with one attached hydrogen (secondary N) is 1. The highest BCUT2D eigenvalue weighted by molar-refractivity contribution is 7.09. The van der Waals surface area contributed by atoms with Gasteiger partial charge in [0.2, 0.25) is 5.96 Å². The number of hydrogen-bond acceptors (Lipinski definition) is 4. The van der Waals surface area contributed by atoms with E-state index < -0.39 is 0 Å². The molecular formula is C24H35N5OS. The van der Waals surface area contributed by atoms with Crippen molar-refractivity contribution in [1.29, 1.82) is 5.26 Å².